The number of hydrogen-bond acceptors (Lipinski definition) is 8. The van der Waals surface area contributed by atoms with E-state index in [0.717, 1.165) is 0 Å². The number of carboxylic acid groups (broad SMARTS) is 2. The SMILES string of the molecule is C#CCOC(=O)N[C@@H](C(=O)O)c1ccccc1.N[C@@H](C(=O)O)c1ccccc1.O.[C+]#CCOC(=O)Cl.[Na+].[OH-]. The summed E-state index contributed by atoms with van der Waals surface area (Å²) in [7, 11) is 0. The molecule has 0 aromatic heterocycles. The number of ether oxygens (including phenoxy) is 2. The van der Waals surface area contributed by atoms with Crippen LogP contribution in [0, 0.1) is 24.7 Å². The van der Waals surface area contributed by atoms with Crippen LogP contribution < -0.4 is 40.6 Å². The van der Waals surface area contributed by atoms with Gasteiger partial charge in [0, 0.05) is 0 Å². The van der Waals surface area contributed by atoms with Crippen molar-refractivity contribution < 1.29 is 79.4 Å². The quantitative estimate of drug-likeness (QED) is 0.138. The minimum Gasteiger partial charge on any atom is -0.870 e. The maximum atomic E-state index is 11.2. The van der Waals surface area contributed by atoms with Crippen LogP contribution in [0.5, 0.6) is 0 Å². The number of terminal acetylenes is 1. The van der Waals surface area contributed by atoms with Gasteiger partial charge in [-0.05, 0) is 11.1 Å². The normalized spacial score (nSPS) is 9.87. The molecule has 0 unspecified atom stereocenters. The van der Waals surface area contributed by atoms with Gasteiger partial charge in [-0.1, -0.05) is 66.6 Å². The van der Waals surface area contributed by atoms with Gasteiger partial charge in [0.25, 0.3) is 0 Å². The number of rotatable bonds is 7. The maximum absolute atomic E-state index is 11.2. The number of amides is 1. The average Bonchev–Trinajstić information content (AvgIpc) is 2.85. The number of aliphatic carboxylic acids is 2. The van der Waals surface area contributed by atoms with Gasteiger partial charge in [-0.3, -0.25) is 4.79 Å². The average molecular weight is 560 g/mol. The fraction of sp³-hybridized carbons (Fsp3) is 0.167. The Kier molecular flexibility index (Phi) is 27.8. The Bertz CT molecular complexity index is 1040. The van der Waals surface area contributed by atoms with E-state index in [2.05, 4.69) is 32.3 Å². The van der Waals surface area contributed by atoms with E-state index in [1.54, 1.807) is 54.6 Å². The van der Waals surface area contributed by atoms with Crippen molar-refractivity contribution in [3.05, 3.63) is 78.2 Å². The Hall–Kier alpha value is -3.37. The summed E-state index contributed by atoms with van der Waals surface area (Å²) in [6.07, 6.45) is 10.3. The third kappa shape index (κ3) is 19.8. The van der Waals surface area contributed by atoms with Crippen molar-refractivity contribution in [3.63, 3.8) is 0 Å². The molecular weight excluding hydrogens is 535 g/mol. The number of alkyl carbamates (subject to hydrolysis) is 1. The molecule has 0 saturated carbocycles. The van der Waals surface area contributed by atoms with Gasteiger partial charge < -0.3 is 37.0 Å². The summed E-state index contributed by atoms with van der Waals surface area (Å²) in [4.78, 5) is 42.2. The standard InChI is InChI=1S/C12H11NO4.C8H9NO2.C4H2ClO2.Na.2H2O/c1-2-8-17-12(16)13-10(11(14)15)9-6-4-3-5-7-9;9-7(8(10)11)6-4-2-1-3-5-6;1-2-3-7-4(5)6;;;/h1,3-7,10H,8H2,(H,13,16)(H,14,15);1-5,7H,9H2,(H,10,11);3H2;;2*1H2/q;;2*+1;;/p-1/t10-;7-;;;;/m11..../s1. The molecule has 0 aliphatic heterocycles. The van der Waals surface area contributed by atoms with Crippen LogP contribution in [0.4, 0.5) is 9.59 Å². The van der Waals surface area contributed by atoms with Crippen molar-refractivity contribution in [1.29, 1.82) is 0 Å². The largest absolute Gasteiger partial charge is 1.00 e. The van der Waals surface area contributed by atoms with E-state index in [0.29, 0.717) is 11.1 Å². The van der Waals surface area contributed by atoms with Gasteiger partial charge in [0.15, 0.2) is 12.6 Å². The van der Waals surface area contributed by atoms with Gasteiger partial charge in [-0.15, -0.1) is 6.42 Å². The summed E-state index contributed by atoms with van der Waals surface area (Å²) in [6, 6.07) is 15.0. The Morgan fingerprint density at radius 3 is 1.76 bits per heavy atom. The summed E-state index contributed by atoms with van der Waals surface area (Å²) in [5, 5.41) is 19.7. The number of carbonyl (C=O) groups excluding carboxylic acids is 2. The number of benzene rings is 2. The van der Waals surface area contributed by atoms with Crippen LogP contribution in [0.3, 0.4) is 0 Å². The van der Waals surface area contributed by atoms with Gasteiger partial charge >= 0.3 is 93.1 Å². The number of hydrogen-bond donors (Lipinski definition) is 4. The number of carbonyl (C=O) groups is 4. The van der Waals surface area contributed by atoms with Crippen molar-refractivity contribution in [2.75, 3.05) is 13.2 Å². The van der Waals surface area contributed by atoms with Crippen LogP contribution in [-0.2, 0) is 19.1 Å². The molecule has 2 rings (SSSR count). The molecule has 0 aliphatic carbocycles. The van der Waals surface area contributed by atoms with E-state index < -0.39 is 35.5 Å². The van der Waals surface area contributed by atoms with Gasteiger partial charge in [-0.2, -0.15) is 0 Å². The fourth-order valence-electron chi connectivity index (χ4n) is 2.10. The van der Waals surface area contributed by atoms with Gasteiger partial charge in [0.05, 0.1) is 0 Å². The van der Waals surface area contributed by atoms with E-state index >= 15 is 0 Å². The molecule has 0 heterocycles. The van der Waals surface area contributed by atoms with Gasteiger partial charge in [0.2, 0.25) is 0 Å². The van der Waals surface area contributed by atoms with Crippen molar-refractivity contribution >= 4 is 35.1 Å². The maximum Gasteiger partial charge on any atom is 1.00 e. The van der Waals surface area contributed by atoms with Crippen LogP contribution in [0.1, 0.15) is 23.2 Å². The Morgan fingerprint density at radius 2 is 1.42 bits per heavy atom. The molecule has 38 heavy (non-hydrogen) atoms. The molecule has 1 amide bonds. The number of carboxylic acids is 2. The van der Waals surface area contributed by atoms with Crippen LogP contribution >= 0.6 is 11.6 Å². The summed E-state index contributed by atoms with van der Waals surface area (Å²) < 4.78 is 8.56. The topological polar surface area (TPSA) is 227 Å². The molecule has 2 aromatic carbocycles. The smallest absolute Gasteiger partial charge is 0.870 e. The molecule has 8 N–H and O–H groups in total. The van der Waals surface area contributed by atoms with Crippen molar-refractivity contribution in [2.24, 2.45) is 5.73 Å². The molecule has 0 bridgehead atoms. The van der Waals surface area contributed by atoms with Crippen LogP contribution in [0.15, 0.2) is 60.7 Å². The second-order valence-corrected chi connectivity index (χ2v) is 6.34. The molecule has 0 radical (unpaired) electrons. The van der Waals surface area contributed by atoms with Crippen molar-refractivity contribution in [3.8, 4) is 18.3 Å². The molecule has 14 heteroatoms. The summed E-state index contributed by atoms with van der Waals surface area (Å²) in [5.74, 6) is 1.76. The molecule has 198 valence electrons. The summed E-state index contributed by atoms with van der Waals surface area (Å²) >= 11 is 4.67. The molecule has 0 aliphatic rings. The first kappa shape index (κ1) is 41.7. The van der Waals surface area contributed by atoms with E-state index in [4.69, 9.17) is 28.8 Å². The monoisotopic (exact) mass is 559 g/mol. The molecular formula is C24H25ClN2NaO10+. The summed E-state index contributed by atoms with van der Waals surface area (Å²) in [6.45, 7) is -0.366. The van der Waals surface area contributed by atoms with Crippen molar-refractivity contribution in [1.82, 2.24) is 5.32 Å². The third-order valence-electron chi connectivity index (χ3n) is 3.61. The minimum absolute atomic E-state index is 0. The van der Waals surface area contributed by atoms with Gasteiger partial charge in [-0.25, -0.2) is 9.59 Å². The minimum atomic E-state index is -1.17. The van der Waals surface area contributed by atoms with Crippen LogP contribution in [-0.4, -0.2) is 57.8 Å². The first-order chi connectivity index (χ1) is 16.6. The molecule has 2 atom stereocenters. The van der Waals surface area contributed by atoms with Gasteiger partial charge in [0.1, 0.15) is 6.04 Å². The molecule has 0 fully saturated rings. The molecule has 2 aromatic rings. The Balaban J connectivity index is -0.000000240. The molecule has 12 nitrogen and oxygen atoms in total. The van der Waals surface area contributed by atoms with E-state index in [9.17, 15) is 19.2 Å². The van der Waals surface area contributed by atoms with Crippen LogP contribution in [0.25, 0.3) is 0 Å². The number of nitrogens with one attached hydrogen (secondary N) is 1. The molecule has 0 spiro atoms. The first-order valence-electron chi connectivity index (χ1n) is 9.53. The van der Waals surface area contributed by atoms with Crippen LogP contribution in [0.2, 0.25) is 0 Å². The van der Waals surface area contributed by atoms with Crippen molar-refractivity contribution in [2.45, 2.75) is 12.1 Å². The first-order valence-corrected chi connectivity index (χ1v) is 9.91. The Morgan fingerprint density at radius 1 is 0.947 bits per heavy atom. The van der Waals surface area contributed by atoms with E-state index in [1.165, 1.54) is 0 Å². The molecule has 0 saturated heterocycles. The zero-order valence-electron chi connectivity index (χ0n) is 20.2. The van der Waals surface area contributed by atoms with E-state index in [-0.39, 0.29) is 53.7 Å². The zero-order valence-corrected chi connectivity index (χ0v) is 22.9. The third-order valence-corrected chi connectivity index (χ3v) is 3.72. The second kappa shape index (κ2) is 25.3. The zero-order chi connectivity index (χ0) is 26.6. The number of nitrogens with two attached hydrogens (primary N) is 1. The predicted octanol–water partition coefficient (Wildman–Crippen LogP) is -1.10. The summed E-state index contributed by atoms with van der Waals surface area (Å²) in [5.41, 5.74) is 5.52. The Labute approximate surface area is 246 Å². The number of halogens is 1. The fourth-order valence-corrected chi connectivity index (χ4v) is 2.15. The van der Waals surface area contributed by atoms with E-state index in [1.807, 2.05) is 12.0 Å². The predicted molar refractivity (Wildman–Crippen MR) is 131 cm³/mol. The second-order valence-electron chi connectivity index (χ2n) is 6.04.